The minimum Gasteiger partial charge on any atom is -0.368 e. The maximum Gasteiger partial charge on any atom is 0.234 e. The van der Waals surface area contributed by atoms with Gasteiger partial charge in [0.05, 0.1) is 40.3 Å². The summed E-state index contributed by atoms with van der Waals surface area (Å²) >= 11 is 6.98. The number of anilines is 4. The van der Waals surface area contributed by atoms with Crippen molar-refractivity contribution in [2.75, 3.05) is 48.3 Å². The first-order valence-corrected chi connectivity index (χ1v) is 14.1. The van der Waals surface area contributed by atoms with E-state index in [1.54, 1.807) is 6.07 Å². The molecule has 0 unspecified atom stereocenters. The van der Waals surface area contributed by atoms with Crippen LogP contribution in [0.2, 0.25) is 5.02 Å². The van der Waals surface area contributed by atoms with Gasteiger partial charge in [0.15, 0.2) is 5.65 Å². The van der Waals surface area contributed by atoms with Gasteiger partial charge in [-0.2, -0.15) is 30.1 Å². The molecule has 1 aliphatic carbocycles. The van der Waals surface area contributed by atoms with Crippen molar-refractivity contribution in [1.29, 1.82) is 10.5 Å². The number of carbonyl (C=O) groups is 1. The number of nitrogens with two attached hydrogens (primary N) is 1. The van der Waals surface area contributed by atoms with E-state index >= 15 is 0 Å². The van der Waals surface area contributed by atoms with Crippen LogP contribution in [0.1, 0.15) is 37.8 Å². The fraction of sp³-hybridized carbons (Fsp3) is 0.481. The average molecular weight is 575 g/mol. The topological polar surface area (TPSA) is 168 Å². The molecular weight excluding hydrogens is 544 g/mol. The van der Waals surface area contributed by atoms with Gasteiger partial charge in [0.2, 0.25) is 17.8 Å². The standard InChI is InChI=1S/C27H31ClN12O/c1-15-12-37(20-13-38(14-20)16(2)24(31)41)5-6-39(15)22-8-17(9-29)7-21(23(22)28)34-26-35-25-18(10-30)11-32-40(25)27(36-26)33-19-3-4-19/h7-8,11,15-16,19-20H,3-6,12-14H2,1-2H3,(H2,31,41)(H2,33,34,35,36)/t15-,16-/m0/s1. The molecule has 0 spiro atoms. The quantitative estimate of drug-likeness (QED) is 0.359. The first kappa shape index (κ1) is 27.0. The summed E-state index contributed by atoms with van der Waals surface area (Å²) in [4.78, 5) is 27.4. The Balaban J connectivity index is 1.23. The van der Waals surface area contributed by atoms with Crippen molar-refractivity contribution in [2.45, 2.75) is 50.9 Å². The molecule has 2 saturated heterocycles. The van der Waals surface area contributed by atoms with Crippen molar-refractivity contribution in [3.8, 4) is 12.1 Å². The van der Waals surface area contributed by atoms with E-state index in [0.717, 1.165) is 51.3 Å². The zero-order valence-electron chi connectivity index (χ0n) is 22.9. The first-order chi connectivity index (χ1) is 19.7. The van der Waals surface area contributed by atoms with E-state index in [-0.39, 0.29) is 23.9 Å². The zero-order valence-corrected chi connectivity index (χ0v) is 23.6. The highest BCUT2D eigenvalue weighted by atomic mass is 35.5. The summed E-state index contributed by atoms with van der Waals surface area (Å²) in [6, 6.07) is 8.43. The van der Waals surface area contributed by atoms with Gasteiger partial charge in [-0.05, 0) is 38.8 Å². The van der Waals surface area contributed by atoms with Crippen molar-refractivity contribution in [1.82, 2.24) is 29.4 Å². The Hall–Kier alpha value is -4.17. The Morgan fingerprint density at radius 2 is 1.95 bits per heavy atom. The molecule has 2 aliphatic heterocycles. The number of aromatic nitrogens is 4. The Kier molecular flexibility index (Phi) is 7.03. The summed E-state index contributed by atoms with van der Waals surface area (Å²) in [5.41, 5.74) is 7.90. The number of primary amides is 1. The normalized spacial score (nSPS) is 20.7. The number of hydrogen-bond acceptors (Lipinski definition) is 11. The van der Waals surface area contributed by atoms with Crippen LogP contribution in [0.4, 0.5) is 23.3 Å². The van der Waals surface area contributed by atoms with Crippen LogP contribution >= 0.6 is 11.6 Å². The Morgan fingerprint density at radius 1 is 1.17 bits per heavy atom. The predicted molar refractivity (Wildman–Crippen MR) is 154 cm³/mol. The zero-order chi connectivity index (χ0) is 28.8. The van der Waals surface area contributed by atoms with E-state index in [9.17, 15) is 15.3 Å². The van der Waals surface area contributed by atoms with E-state index in [1.165, 1.54) is 10.7 Å². The SMILES string of the molecule is C[C@@H](C(N)=O)N1CC(N2CCN(c3cc(C#N)cc(Nc4nc(NC5CC5)n5ncc(C#N)c5n4)c3Cl)[C@@H](C)C2)C1. The van der Waals surface area contributed by atoms with Gasteiger partial charge in [-0.15, -0.1) is 0 Å². The largest absolute Gasteiger partial charge is 0.368 e. The highest BCUT2D eigenvalue weighted by Gasteiger charge is 2.39. The number of hydrogen-bond donors (Lipinski definition) is 3. The van der Waals surface area contributed by atoms with Crippen LogP contribution in [-0.2, 0) is 4.79 Å². The number of rotatable bonds is 8. The third-order valence-electron chi connectivity index (χ3n) is 8.16. The number of fused-ring (bicyclic) bond motifs is 1. The molecule has 0 bridgehead atoms. The molecule has 0 radical (unpaired) electrons. The molecule has 14 heteroatoms. The highest BCUT2D eigenvalue weighted by Crippen LogP contribution is 2.38. The van der Waals surface area contributed by atoms with E-state index in [0.29, 0.717) is 45.5 Å². The summed E-state index contributed by atoms with van der Waals surface area (Å²) in [5, 5.41) is 30.7. The molecule has 2 atom stereocenters. The Morgan fingerprint density at radius 3 is 2.61 bits per heavy atom. The van der Waals surface area contributed by atoms with Crippen molar-refractivity contribution in [3.05, 3.63) is 34.5 Å². The van der Waals surface area contributed by atoms with Gasteiger partial charge in [0, 0.05) is 50.8 Å². The number of carbonyl (C=O) groups excluding carboxylic acids is 1. The fourth-order valence-corrected chi connectivity index (χ4v) is 5.77. The van der Waals surface area contributed by atoms with Crippen molar-refractivity contribution in [2.24, 2.45) is 5.73 Å². The molecule has 6 rings (SSSR count). The highest BCUT2D eigenvalue weighted by molar-refractivity contribution is 6.36. The smallest absolute Gasteiger partial charge is 0.234 e. The molecule has 1 aromatic carbocycles. The van der Waals surface area contributed by atoms with Crippen LogP contribution in [0.3, 0.4) is 0 Å². The van der Waals surface area contributed by atoms with Gasteiger partial charge in [-0.25, -0.2) is 0 Å². The van der Waals surface area contributed by atoms with Crippen molar-refractivity contribution >= 4 is 46.4 Å². The second-order valence-corrected chi connectivity index (χ2v) is 11.4. The number of nitrogens with one attached hydrogen (secondary N) is 2. The Bertz CT molecular complexity index is 1580. The number of benzene rings is 1. The van der Waals surface area contributed by atoms with Crippen LogP contribution in [0.15, 0.2) is 18.3 Å². The predicted octanol–water partition coefficient (Wildman–Crippen LogP) is 1.91. The summed E-state index contributed by atoms with van der Waals surface area (Å²) in [6.45, 7) is 8.03. The van der Waals surface area contributed by atoms with E-state index in [4.69, 9.17) is 17.3 Å². The Labute approximate surface area is 242 Å². The van der Waals surface area contributed by atoms with Gasteiger partial charge in [0.1, 0.15) is 11.6 Å². The lowest BCUT2D eigenvalue weighted by atomic mass is 10.0. The molecule has 3 aromatic rings. The van der Waals surface area contributed by atoms with Gasteiger partial charge in [-0.1, -0.05) is 11.6 Å². The summed E-state index contributed by atoms with van der Waals surface area (Å²) in [7, 11) is 0. The molecule has 3 fully saturated rings. The minimum absolute atomic E-state index is 0.137. The molecular formula is C27H31ClN12O. The summed E-state index contributed by atoms with van der Waals surface area (Å²) < 4.78 is 1.53. The average Bonchev–Trinajstić information content (AvgIpc) is 3.65. The first-order valence-electron chi connectivity index (χ1n) is 13.7. The molecule has 41 heavy (non-hydrogen) atoms. The van der Waals surface area contributed by atoms with E-state index in [2.05, 4.69) is 59.5 Å². The molecule has 4 N–H and O–H groups in total. The number of amides is 1. The third kappa shape index (κ3) is 5.20. The van der Waals surface area contributed by atoms with Gasteiger partial charge >= 0.3 is 0 Å². The van der Waals surface area contributed by atoms with Crippen LogP contribution < -0.4 is 21.3 Å². The van der Waals surface area contributed by atoms with Crippen LogP contribution in [0.5, 0.6) is 0 Å². The van der Waals surface area contributed by atoms with Gasteiger partial charge in [0.25, 0.3) is 0 Å². The molecule has 3 aliphatic rings. The summed E-state index contributed by atoms with van der Waals surface area (Å²) in [6.07, 6.45) is 3.54. The molecule has 212 valence electrons. The lowest BCUT2D eigenvalue weighted by molar-refractivity contribution is -0.126. The van der Waals surface area contributed by atoms with E-state index in [1.807, 2.05) is 13.0 Å². The monoisotopic (exact) mass is 574 g/mol. The fourth-order valence-electron chi connectivity index (χ4n) is 5.50. The lowest BCUT2D eigenvalue weighted by Gasteiger charge is -2.51. The molecule has 1 amide bonds. The van der Waals surface area contributed by atoms with E-state index < -0.39 is 0 Å². The number of nitrogens with zero attached hydrogens (tertiary/aromatic N) is 9. The van der Waals surface area contributed by atoms with Crippen LogP contribution in [0.25, 0.3) is 5.65 Å². The third-order valence-corrected chi connectivity index (χ3v) is 8.56. The van der Waals surface area contributed by atoms with Crippen LogP contribution in [-0.4, -0.2) is 92.2 Å². The number of nitriles is 2. The molecule has 1 saturated carbocycles. The summed E-state index contributed by atoms with van der Waals surface area (Å²) in [5.74, 6) is 0.437. The second-order valence-electron chi connectivity index (χ2n) is 11.0. The van der Waals surface area contributed by atoms with Gasteiger partial charge < -0.3 is 21.3 Å². The number of halogens is 1. The van der Waals surface area contributed by atoms with Gasteiger partial charge in [-0.3, -0.25) is 14.6 Å². The molecule has 4 heterocycles. The van der Waals surface area contributed by atoms with Crippen molar-refractivity contribution in [3.63, 3.8) is 0 Å². The molecule has 13 nitrogen and oxygen atoms in total. The minimum atomic E-state index is -0.297. The maximum atomic E-state index is 11.5. The molecule has 2 aromatic heterocycles. The van der Waals surface area contributed by atoms with Crippen LogP contribution in [0, 0.1) is 22.7 Å². The lowest BCUT2D eigenvalue weighted by Crippen LogP contribution is -2.67. The van der Waals surface area contributed by atoms with Crippen molar-refractivity contribution < 1.29 is 4.79 Å². The number of likely N-dealkylation sites (tertiary alicyclic amines) is 1. The number of piperazine rings is 1. The maximum absolute atomic E-state index is 11.5. The second kappa shape index (κ2) is 10.7.